The Hall–Kier alpha value is -1.65. The summed E-state index contributed by atoms with van der Waals surface area (Å²) >= 11 is 0. The summed E-state index contributed by atoms with van der Waals surface area (Å²) < 4.78 is 0. The van der Waals surface area contributed by atoms with Gasteiger partial charge in [0.1, 0.15) is 0 Å². The molecule has 5 nitrogen and oxygen atoms in total. The fourth-order valence-electron chi connectivity index (χ4n) is 1.82. The van der Waals surface area contributed by atoms with Crippen molar-refractivity contribution in [1.29, 1.82) is 0 Å². The van der Waals surface area contributed by atoms with Crippen LogP contribution in [-0.2, 0) is 4.79 Å². The molecule has 1 amide bonds. The SMILES string of the molecule is CCCNC(=O)C(C)CCC(C)c1cnc(N)nc1. The molecule has 3 N–H and O–H groups in total. The van der Waals surface area contributed by atoms with Gasteiger partial charge < -0.3 is 11.1 Å². The molecule has 19 heavy (non-hydrogen) atoms. The average molecular weight is 264 g/mol. The zero-order valence-electron chi connectivity index (χ0n) is 12.0. The van der Waals surface area contributed by atoms with Crippen molar-refractivity contribution in [3.05, 3.63) is 18.0 Å². The summed E-state index contributed by atoms with van der Waals surface area (Å²) in [6.45, 7) is 6.89. The monoisotopic (exact) mass is 264 g/mol. The standard InChI is InChI=1S/C14H24N4O/c1-4-7-16-13(19)11(3)6-5-10(2)12-8-17-14(15)18-9-12/h8-11H,4-7H2,1-3H3,(H,16,19)(H2,15,17,18). The fraction of sp³-hybridized carbons (Fsp3) is 0.643. The number of nitrogens with zero attached hydrogens (tertiary/aromatic N) is 2. The lowest BCUT2D eigenvalue weighted by Crippen LogP contribution is -2.29. The van der Waals surface area contributed by atoms with Gasteiger partial charge in [0.25, 0.3) is 0 Å². The molecule has 0 aliphatic rings. The highest BCUT2D eigenvalue weighted by molar-refractivity contribution is 5.78. The summed E-state index contributed by atoms with van der Waals surface area (Å²) in [5.74, 6) is 0.816. The Kier molecular flexibility index (Phi) is 6.25. The smallest absolute Gasteiger partial charge is 0.222 e. The molecular formula is C14H24N4O. The summed E-state index contributed by atoms with van der Waals surface area (Å²) in [6.07, 6.45) is 6.29. The van der Waals surface area contributed by atoms with Crippen LogP contribution in [0.4, 0.5) is 5.95 Å². The number of anilines is 1. The van der Waals surface area contributed by atoms with Crippen molar-refractivity contribution >= 4 is 11.9 Å². The minimum Gasteiger partial charge on any atom is -0.368 e. The first-order valence-corrected chi connectivity index (χ1v) is 6.89. The van der Waals surface area contributed by atoms with Crippen LogP contribution in [0.15, 0.2) is 12.4 Å². The van der Waals surface area contributed by atoms with E-state index in [1.54, 1.807) is 12.4 Å². The second kappa shape index (κ2) is 7.71. The third-order valence-corrected chi connectivity index (χ3v) is 3.29. The summed E-state index contributed by atoms with van der Waals surface area (Å²) in [6, 6.07) is 0. The first kappa shape index (κ1) is 15.4. The molecule has 0 aliphatic carbocycles. The van der Waals surface area contributed by atoms with E-state index in [4.69, 9.17) is 5.73 Å². The van der Waals surface area contributed by atoms with E-state index in [0.29, 0.717) is 11.9 Å². The second-order valence-corrected chi connectivity index (χ2v) is 5.05. The number of rotatable bonds is 7. The Balaban J connectivity index is 2.39. The molecule has 2 atom stereocenters. The molecule has 1 aromatic rings. The van der Waals surface area contributed by atoms with Crippen LogP contribution in [0.25, 0.3) is 0 Å². The molecule has 0 aliphatic heterocycles. The van der Waals surface area contributed by atoms with Crippen molar-refractivity contribution in [3.8, 4) is 0 Å². The number of hydrogen-bond donors (Lipinski definition) is 2. The topological polar surface area (TPSA) is 80.9 Å². The molecule has 0 fully saturated rings. The van der Waals surface area contributed by atoms with Crippen molar-refractivity contribution < 1.29 is 4.79 Å². The van der Waals surface area contributed by atoms with E-state index in [1.807, 2.05) is 13.8 Å². The molecular weight excluding hydrogens is 240 g/mol. The third-order valence-electron chi connectivity index (χ3n) is 3.29. The molecule has 106 valence electrons. The molecule has 0 spiro atoms. The number of aromatic nitrogens is 2. The third kappa shape index (κ3) is 5.24. The summed E-state index contributed by atoms with van der Waals surface area (Å²) in [5.41, 5.74) is 6.53. The molecule has 1 rings (SSSR count). The highest BCUT2D eigenvalue weighted by atomic mass is 16.1. The average Bonchev–Trinajstić information content (AvgIpc) is 2.42. The zero-order chi connectivity index (χ0) is 14.3. The van der Waals surface area contributed by atoms with E-state index in [-0.39, 0.29) is 11.8 Å². The largest absolute Gasteiger partial charge is 0.368 e. The van der Waals surface area contributed by atoms with Crippen molar-refractivity contribution in [2.45, 2.75) is 46.0 Å². The van der Waals surface area contributed by atoms with E-state index < -0.39 is 0 Å². The Morgan fingerprint density at radius 1 is 1.32 bits per heavy atom. The molecule has 0 saturated carbocycles. The predicted molar refractivity (Wildman–Crippen MR) is 76.6 cm³/mol. The van der Waals surface area contributed by atoms with Gasteiger partial charge in [-0.1, -0.05) is 20.8 Å². The van der Waals surface area contributed by atoms with Crippen molar-refractivity contribution in [2.24, 2.45) is 5.92 Å². The van der Waals surface area contributed by atoms with Gasteiger partial charge in [-0.3, -0.25) is 4.79 Å². The predicted octanol–water partition coefficient (Wildman–Crippen LogP) is 2.10. The van der Waals surface area contributed by atoms with Crippen molar-refractivity contribution in [1.82, 2.24) is 15.3 Å². The van der Waals surface area contributed by atoms with Crippen LogP contribution in [0.3, 0.4) is 0 Å². The van der Waals surface area contributed by atoms with E-state index in [0.717, 1.165) is 31.4 Å². The van der Waals surface area contributed by atoms with Crippen LogP contribution in [0, 0.1) is 5.92 Å². The number of nitrogens with one attached hydrogen (secondary N) is 1. The molecule has 0 aromatic carbocycles. The van der Waals surface area contributed by atoms with Gasteiger partial charge in [-0.2, -0.15) is 0 Å². The van der Waals surface area contributed by atoms with Gasteiger partial charge in [0.2, 0.25) is 11.9 Å². The van der Waals surface area contributed by atoms with Crippen LogP contribution < -0.4 is 11.1 Å². The lowest BCUT2D eigenvalue weighted by atomic mass is 9.93. The number of amides is 1. The quantitative estimate of drug-likeness (QED) is 0.790. The maximum Gasteiger partial charge on any atom is 0.222 e. The number of nitrogens with two attached hydrogens (primary N) is 1. The summed E-state index contributed by atoms with van der Waals surface area (Å²) in [4.78, 5) is 19.7. The van der Waals surface area contributed by atoms with E-state index >= 15 is 0 Å². The molecule has 2 unspecified atom stereocenters. The first-order valence-electron chi connectivity index (χ1n) is 6.89. The Morgan fingerprint density at radius 2 is 1.95 bits per heavy atom. The van der Waals surface area contributed by atoms with Gasteiger partial charge in [-0.05, 0) is 30.7 Å². The normalized spacial score (nSPS) is 13.8. The van der Waals surface area contributed by atoms with Crippen LogP contribution in [0.1, 0.15) is 51.5 Å². The van der Waals surface area contributed by atoms with Gasteiger partial charge in [0.15, 0.2) is 0 Å². The summed E-state index contributed by atoms with van der Waals surface area (Å²) in [7, 11) is 0. The van der Waals surface area contributed by atoms with Crippen molar-refractivity contribution in [3.63, 3.8) is 0 Å². The lowest BCUT2D eigenvalue weighted by Gasteiger charge is -2.15. The number of nitrogen functional groups attached to an aromatic ring is 1. The van der Waals surface area contributed by atoms with Gasteiger partial charge in [0, 0.05) is 24.9 Å². The lowest BCUT2D eigenvalue weighted by molar-refractivity contribution is -0.124. The maximum absolute atomic E-state index is 11.7. The Morgan fingerprint density at radius 3 is 2.53 bits per heavy atom. The Labute approximate surface area is 115 Å². The first-order chi connectivity index (χ1) is 9.04. The minimum atomic E-state index is 0.0451. The van der Waals surface area contributed by atoms with E-state index in [2.05, 4.69) is 22.2 Å². The van der Waals surface area contributed by atoms with Gasteiger partial charge >= 0.3 is 0 Å². The van der Waals surface area contributed by atoms with Crippen LogP contribution >= 0.6 is 0 Å². The van der Waals surface area contributed by atoms with Gasteiger partial charge in [0.05, 0.1) is 0 Å². The maximum atomic E-state index is 11.7. The van der Waals surface area contributed by atoms with Crippen LogP contribution in [0.2, 0.25) is 0 Å². The number of hydrogen-bond acceptors (Lipinski definition) is 4. The molecule has 5 heteroatoms. The van der Waals surface area contributed by atoms with Gasteiger partial charge in [-0.15, -0.1) is 0 Å². The minimum absolute atomic E-state index is 0.0451. The zero-order valence-corrected chi connectivity index (χ0v) is 12.0. The highest BCUT2D eigenvalue weighted by Crippen LogP contribution is 2.22. The number of carbonyl (C=O) groups is 1. The van der Waals surface area contributed by atoms with Gasteiger partial charge in [-0.25, -0.2) is 9.97 Å². The second-order valence-electron chi connectivity index (χ2n) is 5.05. The summed E-state index contributed by atoms with van der Waals surface area (Å²) in [5, 5.41) is 2.92. The van der Waals surface area contributed by atoms with E-state index in [9.17, 15) is 4.79 Å². The molecule has 1 heterocycles. The van der Waals surface area contributed by atoms with Crippen molar-refractivity contribution in [2.75, 3.05) is 12.3 Å². The molecule has 0 radical (unpaired) electrons. The molecule has 0 bridgehead atoms. The highest BCUT2D eigenvalue weighted by Gasteiger charge is 2.14. The van der Waals surface area contributed by atoms with Crippen LogP contribution in [0.5, 0.6) is 0 Å². The van der Waals surface area contributed by atoms with E-state index in [1.165, 1.54) is 0 Å². The molecule has 0 saturated heterocycles. The fourth-order valence-corrected chi connectivity index (χ4v) is 1.82. The molecule has 1 aromatic heterocycles. The van der Waals surface area contributed by atoms with Crippen LogP contribution in [-0.4, -0.2) is 22.4 Å². The Bertz CT molecular complexity index is 391. The number of carbonyl (C=O) groups excluding carboxylic acids is 1.